The Hall–Kier alpha value is -1.35. The highest BCUT2D eigenvalue weighted by atomic mass is 35.5. The molecule has 88 valence electrons. The van der Waals surface area contributed by atoms with E-state index in [0.717, 1.165) is 0 Å². The summed E-state index contributed by atoms with van der Waals surface area (Å²) in [6.45, 7) is 0. The lowest BCUT2D eigenvalue weighted by Gasteiger charge is -2.07. The molecular formula is C12H18ClN3. The Morgan fingerprint density at radius 1 is 1.25 bits per heavy atom. The number of rotatable bonds is 3. The minimum absolute atomic E-state index is 0. The van der Waals surface area contributed by atoms with E-state index in [-0.39, 0.29) is 12.4 Å². The number of halogens is 1. The molecule has 3 nitrogen and oxygen atoms in total. The van der Waals surface area contributed by atoms with Gasteiger partial charge >= 0.3 is 0 Å². The zero-order valence-electron chi connectivity index (χ0n) is 10.2. The van der Waals surface area contributed by atoms with Crippen LogP contribution in [-0.4, -0.2) is 48.9 Å². The SMILES string of the molecule is CN(C)/C=C(\C=[N+](C)C)c1ccncc1.[Cl-]. The standard InChI is InChI=1S/C12H18N3.ClH/c1-14(2)9-12(10-15(3)4)11-5-7-13-8-6-11;/h5-10H,1-4H3;1H/q+1;/p-1. The Morgan fingerprint density at radius 3 is 2.25 bits per heavy atom. The molecule has 0 radical (unpaired) electrons. The molecule has 0 bridgehead atoms. The average molecular weight is 240 g/mol. The summed E-state index contributed by atoms with van der Waals surface area (Å²) >= 11 is 0. The zero-order chi connectivity index (χ0) is 11.3. The van der Waals surface area contributed by atoms with Crippen LogP contribution in [-0.2, 0) is 0 Å². The Labute approximate surface area is 104 Å². The van der Waals surface area contributed by atoms with Crippen molar-refractivity contribution in [1.82, 2.24) is 9.88 Å². The van der Waals surface area contributed by atoms with Crippen molar-refractivity contribution in [3.63, 3.8) is 0 Å². The maximum absolute atomic E-state index is 4.02. The number of aromatic nitrogens is 1. The molecule has 0 aliphatic carbocycles. The third kappa shape index (κ3) is 4.94. The second-order valence-corrected chi connectivity index (χ2v) is 3.88. The summed E-state index contributed by atoms with van der Waals surface area (Å²) in [4.78, 5) is 6.06. The quantitative estimate of drug-likeness (QED) is 0.464. The number of pyridine rings is 1. The highest BCUT2D eigenvalue weighted by Crippen LogP contribution is 2.10. The first kappa shape index (κ1) is 14.6. The van der Waals surface area contributed by atoms with Crippen LogP contribution in [0.25, 0.3) is 5.57 Å². The lowest BCUT2D eigenvalue weighted by molar-refractivity contribution is -0.458. The van der Waals surface area contributed by atoms with E-state index in [1.165, 1.54) is 11.1 Å². The fourth-order valence-corrected chi connectivity index (χ4v) is 1.28. The predicted octanol–water partition coefficient (Wildman–Crippen LogP) is -1.67. The topological polar surface area (TPSA) is 19.1 Å². The van der Waals surface area contributed by atoms with Gasteiger partial charge in [-0.1, -0.05) is 0 Å². The summed E-state index contributed by atoms with van der Waals surface area (Å²) in [7, 11) is 8.07. The van der Waals surface area contributed by atoms with Crippen LogP contribution in [0.2, 0.25) is 0 Å². The molecule has 0 aliphatic rings. The normalized spacial score (nSPS) is 10.4. The number of nitrogens with zero attached hydrogens (tertiary/aromatic N) is 3. The van der Waals surface area contributed by atoms with Crippen molar-refractivity contribution < 1.29 is 17.0 Å². The van der Waals surface area contributed by atoms with E-state index in [1.54, 1.807) is 0 Å². The highest BCUT2D eigenvalue weighted by Gasteiger charge is 2.02. The lowest BCUT2D eigenvalue weighted by Crippen LogP contribution is -3.00. The summed E-state index contributed by atoms with van der Waals surface area (Å²) in [5, 5.41) is 0. The van der Waals surface area contributed by atoms with Crippen LogP contribution in [0, 0.1) is 0 Å². The molecule has 1 aromatic rings. The summed E-state index contributed by atoms with van der Waals surface area (Å²) in [5.74, 6) is 0. The fourth-order valence-electron chi connectivity index (χ4n) is 1.28. The maximum atomic E-state index is 4.02. The van der Waals surface area contributed by atoms with E-state index >= 15 is 0 Å². The Bertz CT molecular complexity index is 365. The number of allylic oxidation sites excluding steroid dienone is 1. The molecule has 1 aromatic heterocycles. The Kier molecular flexibility index (Phi) is 6.42. The van der Waals surface area contributed by atoms with Crippen LogP contribution in [0.5, 0.6) is 0 Å². The second-order valence-electron chi connectivity index (χ2n) is 3.88. The minimum Gasteiger partial charge on any atom is -1.00 e. The van der Waals surface area contributed by atoms with E-state index in [4.69, 9.17) is 0 Å². The van der Waals surface area contributed by atoms with Crippen molar-refractivity contribution in [2.75, 3.05) is 28.2 Å². The molecule has 4 heteroatoms. The van der Waals surface area contributed by atoms with Gasteiger partial charge in [0.25, 0.3) is 0 Å². The van der Waals surface area contributed by atoms with Gasteiger partial charge in [-0.15, -0.1) is 0 Å². The molecule has 1 rings (SSSR count). The smallest absolute Gasteiger partial charge is 0.172 e. The molecule has 0 atom stereocenters. The molecule has 0 fully saturated rings. The van der Waals surface area contributed by atoms with Crippen LogP contribution >= 0.6 is 0 Å². The molecule has 0 saturated carbocycles. The predicted molar refractivity (Wildman–Crippen MR) is 64.1 cm³/mol. The van der Waals surface area contributed by atoms with Gasteiger partial charge in [0.1, 0.15) is 14.1 Å². The van der Waals surface area contributed by atoms with E-state index in [2.05, 4.69) is 17.4 Å². The van der Waals surface area contributed by atoms with Gasteiger partial charge in [0.05, 0.1) is 5.57 Å². The van der Waals surface area contributed by atoms with E-state index < -0.39 is 0 Å². The first-order valence-corrected chi connectivity index (χ1v) is 4.89. The number of hydrogen-bond donors (Lipinski definition) is 0. The third-order valence-corrected chi connectivity index (χ3v) is 1.81. The van der Waals surface area contributed by atoms with E-state index in [1.807, 2.05) is 62.2 Å². The molecular weight excluding hydrogens is 222 g/mol. The van der Waals surface area contributed by atoms with Gasteiger partial charge < -0.3 is 17.3 Å². The van der Waals surface area contributed by atoms with Gasteiger partial charge in [0.2, 0.25) is 0 Å². The Balaban J connectivity index is 0.00000225. The molecule has 16 heavy (non-hydrogen) atoms. The van der Waals surface area contributed by atoms with Gasteiger partial charge in [-0.3, -0.25) is 4.98 Å². The molecule has 1 heterocycles. The first-order chi connectivity index (χ1) is 7.09. The van der Waals surface area contributed by atoms with Gasteiger partial charge in [0, 0.05) is 32.7 Å². The van der Waals surface area contributed by atoms with E-state index in [0.29, 0.717) is 0 Å². The first-order valence-electron chi connectivity index (χ1n) is 4.89. The average Bonchev–Trinajstić information content (AvgIpc) is 2.17. The zero-order valence-corrected chi connectivity index (χ0v) is 10.9. The summed E-state index contributed by atoms with van der Waals surface area (Å²) in [5.41, 5.74) is 2.35. The minimum atomic E-state index is 0. The summed E-state index contributed by atoms with van der Waals surface area (Å²) in [6, 6.07) is 4.02. The van der Waals surface area contributed by atoms with Crippen molar-refractivity contribution in [1.29, 1.82) is 0 Å². The van der Waals surface area contributed by atoms with E-state index in [9.17, 15) is 0 Å². The molecule has 0 amide bonds. The number of hydrogen-bond acceptors (Lipinski definition) is 2. The van der Waals surface area contributed by atoms with Crippen molar-refractivity contribution >= 4 is 11.8 Å². The van der Waals surface area contributed by atoms with Crippen molar-refractivity contribution in [2.45, 2.75) is 0 Å². The molecule has 0 saturated heterocycles. The molecule has 0 spiro atoms. The highest BCUT2D eigenvalue weighted by molar-refractivity contribution is 6.07. The van der Waals surface area contributed by atoms with Crippen LogP contribution in [0.15, 0.2) is 30.7 Å². The van der Waals surface area contributed by atoms with Crippen LogP contribution in [0.3, 0.4) is 0 Å². The van der Waals surface area contributed by atoms with Crippen molar-refractivity contribution in [3.8, 4) is 0 Å². The molecule has 0 N–H and O–H groups in total. The maximum Gasteiger partial charge on any atom is 0.172 e. The van der Waals surface area contributed by atoms with Gasteiger partial charge in [-0.05, 0) is 17.7 Å². The summed E-state index contributed by atoms with van der Waals surface area (Å²) < 4.78 is 2.04. The third-order valence-electron chi connectivity index (χ3n) is 1.81. The lowest BCUT2D eigenvalue weighted by atomic mass is 10.1. The van der Waals surface area contributed by atoms with Crippen molar-refractivity contribution in [2.24, 2.45) is 0 Å². The Morgan fingerprint density at radius 2 is 1.81 bits per heavy atom. The largest absolute Gasteiger partial charge is 1.00 e. The van der Waals surface area contributed by atoms with Gasteiger partial charge in [0.15, 0.2) is 6.21 Å². The van der Waals surface area contributed by atoms with Gasteiger partial charge in [-0.25, -0.2) is 4.58 Å². The monoisotopic (exact) mass is 239 g/mol. The molecule has 0 aromatic carbocycles. The van der Waals surface area contributed by atoms with Crippen LogP contribution in [0.4, 0.5) is 0 Å². The summed E-state index contributed by atoms with van der Waals surface area (Å²) in [6.07, 6.45) is 7.80. The van der Waals surface area contributed by atoms with Crippen LogP contribution in [0.1, 0.15) is 5.56 Å². The molecule has 0 aliphatic heterocycles. The van der Waals surface area contributed by atoms with Crippen LogP contribution < -0.4 is 12.4 Å². The fraction of sp³-hybridized carbons (Fsp3) is 0.333. The van der Waals surface area contributed by atoms with Gasteiger partial charge in [-0.2, -0.15) is 0 Å². The molecule has 0 unspecified atom stereocenters. The van der Waals surface area contributed by atoms with Crippen molar-refractivity contribution in [3.05, 3.63) is 36.3 Å². The second kappa shape index (κ2) is 7.01.